The Morgan fingerprint density at radius 3 is 2.45 bits per heavy atom. The lowest BCUT2D eigenvalue weighted by Crippen LogP contribution is -2.48. The van der Waals surface area contributed by atoms with Gasteiger partial charge < -0.3 is 20.0 Å². The summed E-state index contributed by atoms with van der Waals surface area (Å²) in [6, 6.07) is 0. The molecular formula is C16H32N2O2. The van der Waals surface area contributed by atoms with Gasteiger partial charge in [-0.15, -0.1) is 0 Å². The molecule has 118 valence electrons. The van der Waals surface area contributed by atoms with Gasteiger partial charge in [0.15, 0.2) is 0 Å². The summed E-state index contributed by atoms with van der Waals surface area (Å²) in [6.07, 6.45) is 4.49. The standard InChI is InChI=1S/C16H32N2O2/c1-14-4-8-17(9-5-14)10-15(20)11-18-7-3-6-16(2,12-18)13-19/h14-15,19-20H,3-13H2,1-2H3. The first kappa shape index (κ1) is 16.2. The van der Waals surface area contributed by atoms with Gasteiger partial charge in [0.1, 0.15) is 0 Å². The van der Waals surface area contributed by atoms with Crippen LogP contribution in [0.2, 0.25) is 0 Å². The number of likely N-dealkylation sites (tertiary alicyclic amines) is 2. The number of nitrogens with zero attached hydrogens (tertiary/aromatic N) is 2. The summed E-state index contributed by atoms with van der Waals surface area (Å²) in [5.41, 5.74) is 0.0263. The van der Waals surface area contributed by atoms with Crippen LogP contribution < -0.4 is 0 Å². The molecule has 0 aromatic carbocycles. The SMILES string of the molecule is CC1CCN(CC(O)CN2CCCC(C)(CO)C2)CC1. The third-order valence-electron chi connectivity index (χ3n) is 5.06. The van der Waals surface area contributed by atoms with Gasteiger partial charge in [0.2, 0.25) is 0 Å². The molecule has 2 aliphatic heterocycles. The Hall–Kier alpha value is -0.160. The lowest BCUT2D eigenvalue weighted by molar-refractivity contribution is 0.00962. The Morgan fingerprint density at radius 1 is 1.15 bits per heavy atom. The van der Waals surface area contributed by atoms with Gasteiger partial charge in [-0.25, -0.2) is 0 Å². The molecule has 2 N–H and O–H groups in total. The monoisotopic (exact) mass is 284 g/mol. The van der Waals surface area contributed by atoms with E-state index in [0.29, 0.717) is 0 Å². The maximum atomic E-state index is 10.3. The first-order valence-electron chi connectivity index (χ1n) is 8.24. The highest BCUT2D eigenvalue weighted by molar-refractivity contribution is 4.84. The molecule has 0 saturated carbocycles. The number of aliphatic hydroxyl groups excluding tert-OH is 2. The first-order chi connectivity index (χ1) is 9.50. The zero-order chi connectivity index (χ0) is 14.6. The van der Waals surface area contributed by atoms with Crippen LogP contribution in [0.25, 0.3) is 0 Å². The Morgan fingerprint density at radius 2 is 1.80 bits per heavy atom. The first-order valence-corrected chi connectivity index (χ1v) is 8.24. The summed E-state index contributed by atoms with van der Waals surface area (Å²) >= 11 is 0. The molecule has 2 heterocycles. The zero-order valence-electron chi connectivity index (χ0n) is 13.2. The maximum Gasteiger partial charge on any atom is 0.0793 e. The van der Waals surface area contributed by atoms with Crippen LogP contribution in [0, 0.1) is 11.3 Å². The highest BCUT2D eigenvalue weighted by Crippen LogP contribution is 2.28. The molecule has 2 unspecified atom stereocenters. The maximum absolute atomic E-state index is 10.3. The van der Waals surface area contributed by atoms with Crippen molar-refractivity contribution in [3.63, 3.8) is 0 Å². The van der Waals surface area contributed by atoms with Gasteiger partial charge in [0.25, 0.3) is 0 Å². The highest BCUT2D eigenvalue weighted by atomic mass is 16.3. The molecule has 4 nitrogen and oxygen atoms in total. The van der Waals surface area contributed by atoms with E-state index in [1.807, 2.05) is 0 Å². The number of hydrogen-bond acceptors (Lipinski definition) is 4. The van der Waals surface area contributed by atoms with Crippen LogP contribution in [0.5, 0.6) is 0 Å². The normalized spacial score (nSPS) is 32.4. The lowest BCUT2D eigenvalue weighted by Gasteiger charge is -2.40. The van der Waals surface area contributed by atoms with E-state index in [4.69, 9.17) is 0 Å². The van der Waals surface area contributed by atoms with Crippen LogP contribution in [0.1, 0.15) is 39.5 Å². The topological polar surface area (TPSA) is 46.9 Å². The third kappa shape index (κ3) is 4.69. The average molecular weight is 284 g/mol. The Balaban J connectivity index is 1.72. The zero-order valence-corrected chi connectivity index (χ0v) is 13.2. The van der Waals surface area contributed by atoms with Crippen molar-refractivity contribution in [1.82, 2.24) is 9.80 Å². The number of aliphatic hydroxyl groups is 2. The molecule has 0 spiro atoms. The largest absolute Gasteiger partial charge is 0.396 e. The fourth-order valence-corrected chi connectivity index (χ4v) is 3.61. The Kier molecular flexibility index (Phi) is 5.84. The van der Waals surface area contributed by atoms with Crippen molar-refractivity contribution in [2.45, 2.75) is 45.6 Å². The molecule has 20 heavy (non-hydrogen) atoms. The van der Waals surface area contributed by atoms with Gasteiger partial charge in [0.05, 0.1) is 6.10 Å². The Bertz CT molecular complexity index is 292. The van der Waals surface area contributed by atoms with Crippen LogP contribution in [-0.4, -0.2) is 72.0 Å². The molecule has 2 saturated heterocycles. The lowest BCUT2D eigenvalue weighted by atomic mass is 9.83. The second-order valence-corrected chi connectivity index (χ2v) is 7.44. The van der Waals surface area contributed by atoms with Gasteiger partial charge in [-0.2, -0.15) is 0 Å². The number of β-amino-alcohol motifs (C(OH)–C–C–N with tert-alkyl or cyclic N) is 1. The van der Waals surface area contributed by atoms with Gasteiger partial charge in [-0.1, -0.05) is 13.8 Å². The van der Waals surface area contributed by atoms with E-state index in [2.05, 4.69) is 23.6 Å². The molecule has 0 bridgehead atoms. The fraction of sp³-hybridized carbons (Fsp3) is 1.00. The number of rotatable bonds is 5. The van der Waals surface area contributed by atoms with Crippen molar-refractivity contribution in [3.8, 4) is 0 Å². The minimum atomic E-state index is -0.260. The quantitative estimate of drug-likeness (QED) is 0.796. The summed E-state index contributed by atoms with van der Waals surface area (Å²) in [5, 5.41) is 19.8. The van der Waals surface area contributed by atoms with Crippen molar-refractivity contribution in [1.29, 1.82) is 0 Å². The number of hydrogen-bond donors (Lipinski definition) is 2. The summed E-state index contributed by atoms with van der Waals surface area (Å²) in [6.45, 7) is 10.5. The van der Waals surface area contributed by atoms with E-state index in [0.717, 1.165) is 58.0 Å². The van der Waals surface area contributed by atoms with E-state index < -0.39 is 0 Å². The van der Waals surface area contributed by atoms with Gasteiger partial charge in [0, 0.05) is 31.7 Å². The Labute approximate surface area is 123 Å². The van der Waals surface area contributed by atoms with E-state index >= 15 is 0 Å². The van der Waals surface area contributed by atoms with E-state index in [1.165, 1.54) is 12.8 Å². The summed E-state index contributed by atoms with van der Waals surface area (Å²) in [7, 11) is 0. The molecule has 0 amide bonds. The molecule has 2 rings (SSSR count). The number of piperidine rings is 2. The van der Waals surface area contributed by atoms with Crippen LogP contribution in [0.3, 0.4) is 0 Å². The molecule has 0 aromatic rings. The van der Waals surface area contributed by atoms with Crippen molar-refractivity contribution in [2.75, 3.05) is 45.9 Å². The minimum absolute atomic E-state index is 0.0263. The molecule has 4 heteroatoms. The van der Waals surface area contributed by atoms with Gasteiger partial charge in [-0.3, -0.25) is 0 Å². The average Bonchev–Trinajstić information content (AvgIpc) is 2.41. The molecule has 2 aliphatic rings. The molecule has 2 fully saturated rings. The fourth-order valence-electron chi connectivity index (χ4n) is 3.61. The van der Waals surface area contributed by atoms with Crippen LogP contribution in [0.4, 0.5) is 0 Å². The highest BCUT2D eigenvalue weighted by Gasteiger charge is 2.31. The van der Waals surface area contributed by atoms with Crippen molar-refractivity contribution in [2.24, 2.45) is 11.3 Å². The summed E-state index contributed by atoms with van der Waals surface area (Å²) in [5.74, 6) is 0.843. The predicted molar refractivity (Wildman–Crippen MR) is 81.7 cm³/mol. The van der Waals surface area contributed by atoms with Crippen LogP contribution in [-0.2, 0) is 0 Å². The van der Waals surface area contributed by atoms with Gasteiger partial charge >= 0.3 is 0 Å². The smallest absolute Gasteiger partial charge is 0.0793 e. The molecule has 0 aliphatic carbocycles. The second-order valence-electron chi connectivity index (χ2n) is 7.44. The second kappa shape index (κ2) is 7.21. The van der Waals surface area contributed by atoms with Gasteiger partial charge in [-0.05, 0) is 51.2 Å². The third-order valence-corrected chi connectivity index (χ3v) is 5.06. The minimum Gasteiger partial charge on any atom is -0.396 e. The van der Waals surface area contributed by atoms with Crippen molar-refractivity contribution >= 4 is 0 Å². The summed E-state index contributed by atoms with van der Waals surface area (Å²) < 4.78 is 0. The van der Waals surface area contributed by atoms with Crippen molar-refractivity contribution in [3.05, 3.63) is 0 Å². The molecule has 2 atom stereocenters. The van der Waals surface area contributed by atoms with Crippen LogP contribution in [0.15, 0.2) is 0 Å². The molecule has 0 aromatic heterocycles. The van der Waals surface area contributed by atoms with Crippen LogP contribution >= 0.6 is 0 Å². The molecular weight excluding hydrogens is 252 g/mol. The molecule has 0 radical (unpaired) electrons. The van der Waals surface area contributed by atoms with E-state index in [1.54, 1.807) is 0 Å². The van der Waals surface area contributed by atoms with Crippen molar-refractivity contribution < 1.29 is 10.2 Å². The summed E-state index contributed by atoms with van der Waals surface area (Å²) in [4.78, 5) is 4.73. The predicted octanol–water partition coefficient (Wildman–Crippen LogP) is 1.17. The van der Waals surface area contributed by atoms with E-state index in [-0.39, 0.29) is 18.1 Å². The van der Waals surface area contributed by atoms with E-state index in [9.17, 15) is 10.2 Å².